The molecule has 1 N–H and O–H groups in total. The summed E-state index contributed by atoms with van der Waals surface area (Å²) >= 11 is 0. The lowest BCUT2D eigenvalue weighted by Crippen LogP contribution is -2.38. The molecule has 0 spiro atoms. The fourth-order valence-electron chi connectivity index (χ4n) is 3.66. The van der Waals surface area contributed by atoms with Gasteiger partial charge in [0.25, 0.3) is 5.91 Å². The summed E-state index contributed by atoms with van der Waals surface area (Å²) in [4.78, 5) is 19.6. The van der Waals surface area contributed by atoms with E-state index in [1.165, 1.54) is 0 Å². The Morgan fingerprint density at radius 3 is 2.66 bits per heavy atom. The van der Waals surface area contributed by atoms with Crippen molar-refractivity contribution in [3.05, 3.63) is 71.7 Å². The van der Waals surface area contributed by atoms with Gasteiger partial charge in [0.15, 0.2) is 5.82 Å². The fourth-order valence-corrected chi connectivity index (χ4v) is 3.66. The van der Waals surface area contributed by atoms with Gasteiger partial charge in [-0.1, -0.05) is 18.2 Å². The molecule has 7 nitrogen and oxygen atoms in total. The van der Waals surface area contributed by atoms with Crippen LogP contribution in [-0.2, 0) is 4.74 Å². The van der Waals surface area contributed by atoms with Gasteiger partial charge in [-0.15, -0.1) is 0 Å². The molecule has 0 bridgehead atoms. The topological polar surface area (TPSA) is 72.3 Å². The van der Waals surface area contributed by atoms with Crippen LogP contribution in [0.15, 0.2) is 54.9 Å². The zero-order valence-corrected chi connectivity index (χ0v) is 16.7. The molecule has 1 saturated heterocycles. The quantitative estimate of drug-likeness (QED) is 0.724. The third-order valence-electron chi connectivity index (χ3n) is 5.23. The number of anilines is 1. The fraction of sp³-hybridized carbons (Fsp3) is 0.318. The normalized spacial score (nSPS) is 15.2. The van der Waals surface area contributed by atoms with Crippen LogP contribution in [-0.4, -0.2) is 47.0 Å². The Kier molecular flexibility index (Phi) is 5.57. The number of pyridine rings is 1. The summed E-state index contributed by atoms with van der Waals surface area (Å²) in [5.74, 6) is 0.664. The van der Waals surface area contributed by atoms with Crippen LogP contribution in [0.4, 0.5) is 5.69 Å². The summed E-state index contributed by atoms with van der Waals surface area (Å²) in [5.41, 5.74) is 3.54. The first kappa shape index (κ1) is 19.1. The van der Waals surface area contributed by atoms with E-state index in [0.717, 1.165) is 35.9 Å². The van der Waals surface area contributed by atoms with Gasteiger partial charge in [0.05, 0.1) is 31.0 Å². The zero-order valence-electron chi connectivity index (χ0n) is 16.7. The number of ether oxygens (including phenoxy) is 1. The van der Waals surface area contributed by atoms with Crippen LogP contribution < -0.4 is 10.2 Å². The number of hydrogen-bond acceptors (Lipinski definition) is 5. The lowest BCUT2D eigenvalue weighted by molar-refractivity contribution is 0.0938. The van der Waals surface area contributed by atoms with Gasteiger partial charge in [0.1, 0.15) is 0 Å². The standard InChI is InChI=1S/C22H25N5O2/c1-16(19-15-24-27(17(19)2)21-9-5-6-10-23-21)25-22(28)18-7-3-4-8-20(18)26-11-13-29-14-12-26/h3-10,15-16H,11-14H2,1-2H3,(H,25,28)/t16-/m0/s1. The third kappa shape index (κ3) is 4.00. The maximum Gasteiger partial charge on any atom is 0.253 e. The second kappa shape index (κ2) is 8.45. The summed E-state index contributed by atoms with van der Waals surface area (Å²) in [7, 11) is 0. The average molecular weight is 391 g/mol. The number of morpholine rings is 1. The SMILES string of the molecule is Cc1c([C@H](C)NC(=O)c2ccccc2N2CCOCC2)cnn1-c1ccccn1. The largest absolute Gasteiger partial charge is 0.378 e. The number of hydrogen-bond donors (Lipinski definition) is 1. The molecule has 1 aliphatic heterocycles. The molecule has 1 aliphatic rings. The summed E-state index contributed by atoms with van der Waals surface area (Å²) in [6, 6.07) is 13.3. The van der Waals surface area contributed by atoms with Crippen LogP contribution in [0.5, 0.6) is 0 Å². The van der Waals surface area contributed by atoms with Crippen LogP contribution in [0.25, 0.3) is 5.82 Å². The maximum atomic E-state index is 13.1. The van der Waals surface area contributed by atoms with Crippen molar-refractivity contribution < 1.29 is 9.53 Å². The molecule has 1 aromatic carbocycles. The minimum absolute atomic E-state index is 0.0930. The Bertz CT molecular complexity index is 980. The highest BCUT2D eigenvalue weighted by atomic mass is 16.5. The molecular formula is C22H25N5O2. The molecule has 0 saturated carbocycles. The van der Waals surface area contributed by atoms with Crippen molar-refractivity contribution in [2.75, 3.05) is 31.2 Å². The number of benzene rings is 1. The average Bonchev–Trinajstić information content (AvgIpc) is 3.16. The Labute approximate surface area is 170 Å². The summed E-state index contributed by atoms with van der Waals surface area (Å²) < 4.78 is 7.23. The van der Waals surface area contributed by atoms with Crippen LogP contribution >= 0.6 is 0 Å². The van der Waals surface area contributed by atoms with E-state index >= 15 is 0 Å². The highest BCUT2D eigenvalue weighted by molar-refractivity contribution is 6.00. The van der Waals surface area contributed by atoms with Gasteiger partial charge in [-0.25, -0.2) is 9.67 Å². The molecule has 0 aliphatic carbocycles. The molecule has 0 unspecified atom stereocenters. The molecule has 1 fully saturated rings. The van der Waals surface area contributed by atoms with Gasteiger partial charge in [0, 0.05) is 36.2 Å². The molecule has 2 aromatic heterocycles. The number of rotatable bonds is 5. The van der Waals surface area contributed by atoms with Gasteiger partial charge >= 0.3 is 0 Å². The molecular weight excluding hydrogens is 366 g/mol. The monoisotopic (exact) mass is 391 g/mol. The van der Waals surface area contributed by atoms with Crippen LogP contribution in [0.3, 0.4) is 0 Å². The van der Waals surface area contributed by atoms with Gasteiger partial charge < -0.3 is 15.0 Å². The van der Waals surface area contributed by atoms with Crippen molar-refractivity contribution in [3.63, 3.8) is 0 Å². The molecule has 7 heteroatoms. The molecule has 3 aromatic rings. The molecule has 4 rings (SSSR count). The Hall–Kier alpha value is -3.19. The molecule has 1 atom stereocenters. The first-order chi connectivity index (χ1) is 14.1. The number of carbonyl (C=O) groups is 1. The zero-order chi connectivity index (χ0) is 20.2. The third-order valence-corrected chi connectivity index (χ3v) is 5.23. The number of nitrogens with one attached hydrogen (secondary N) is 1. The van der Waals surface area contributed by atoms with E-state index in [0.29, 0.717) is 18.8 Å². The van der Waals surface area contributed by atoms with Crippen molar-refractivity contribution in [2.45, 2.75) is 19.9 Å². The number of para-hydroxylation sites is 1. The van der Waals surface area contributed by atoms with Gasteiger partial charge in [-0.2, -0.15) is 5.10 Å². The summed E-state index contributed by atoms with van der Waals surface area (Å²) in [6.45, 7) is 6.89. The van der Waals surface area contributed by atoms with Crippen LogP contribution in [0, 0.1) is 6.92 Å². The lowest BCUT2D eigenvalue weighted by Gasteiger charge is -2.30. The minimum Gasteiger partial charge on any atom is -0.378 e. The minimum atomic E-state index is -0.183. The maximum absolute atomic E-state index is 13.1. The van der Waals surface area contributed by atoms with E-state index in [2.05, 4.69) is 20.3 Å². The van der Waals surface area contributed by atoms with Crippen LogP contribution in [0.1, 0.15) is 34.6 Å². The molecule has 3 heterocycles. The Balaban J connectivity index is 1.53. The van der Waals surface area contributed by atoms with E-state index in [-0.39, 0.29) is 11.9 Å². The Morgan fingerprint density at radius 1 is 1.14 bits per heavy atom. The van der Waals surface area contributed by atoms with E-state index in [1.807, 2.05) is 56.3 Å². The Morgan fingerprint density at radius 2 is 1.90 bits per heavy atom. The van der Waals surface area contributed by atoms with Crippen molar-refractivity contribution in [1.29, 1.82) is 0 Å². The van der Waals surface area contributed by atoms with Gasteiger partial charge in [-0.3, -0.25) is 4.79 Å². The molecule has 1 amide bonds. The number of nitrogens with zero attached hydrogens (tertiary/aromatic N) is 4. The molecule has 150 valence electrons. The van der Waals surface area contributed by atoms with Gasteiger partial charge in [0.2, 0.25) is 0 Å². The van der Waals surface area contributed by atoms with Crippen molar-refractivity contribution in [3.8, 4) is 5.82 Å². The van der Waals surface area contributed by atoms with E-state index < -0.39 is 0 Å². The lowest BCUT2D eigenvalue weighted by atomic mass is 10.1. The van der Waals surface area contributed by atoms with Crippen molar-refractivity contribution in [1.82, 2.24) is 20.1 Å². The molecule has 0 radical (unpaired) electrons. The predicted octanol–water partition coefficient (Wildman–Crippen LogP) is 2.90. The van der Waals surface area contributed by atoms with Gasteiger partial charge in [-0.05, 0) is 38.1 Å². The van der Waals surface area contributed by atoms with E-state index in [9.17, 15) is 4.79 Å². The molecule has 29 heavy (non-hydrogen) atoms. The summed E-state index contributed by atoms with van der Waals surface area (Å²) in [5, 5.41) is 7.59. The first-order valence-corrected chi connectivity index (χ1v) is 9.83. The second-order valence-corrected chi connectivity index (χ2v) is 7.10. The highest BCUT2D eigenvalue weighted by Crippen LogP contribution is 2.24. The van der Waals surface area contributed by atoms with Crippen molar-refractivity contribution >= 4 is 11.6 Å². The predicted molar refractivity (Wildman–Crippen MR) is 111 cm³/mol. The van der Waals surface area contributed by atoms with Crippen LogP contribution in [0.2, 0.25) is 0 Å². The number of amides is 1. The van der Waals surface area contributed by atoms with Crippen molar-refractivity contribution in [2.24, 2.45) is 0 Å². The summed E-state index contributed by atoms with van der Waals surface area (Å²) in [6.07, 6.45) is 3.53. The smallest absolute Gasteiger partial charge is 0.253 e. The highest BCUT2D eigenvalue weighted by Gasteiger charge is 2.21. The number of aromatic nitrogens is 3. The van der Waals surface area contributed by atoms with E-state index in [4.69, 9.17) is 4.74 Å². The number of carbonyl (C=O) groups excluding carboxylic acids is 1. The second-order valence-electron chi connectivity index (χ2n) is 7.10. The van der Waals surface area contributed by atoms with E-state index in [1.54, 1.807) is 17.1 Å². The first-order valence-electron chi connectivity index (χ1n) is 9.83.